The van der Waals surface area contributed by atoms with Crippen molar-refractivity contribution < 1.29 is 41.0 Å². The average Bonchev–Trinajstić information content (AvgIpc) is 3.54. The van der Waals surface area contributed by atoms with Crippen LogP contribution in [0.3, 0.4) is 0 Å². The molecule has 3 aliphatic rings. The smallest absolute Gasteiger partial charge is 0.326 e. The van der Waals surface area contributed by atoms with Gasteiger partial charge in [0.15, 0.2) is 27.1 Å². The molecule has 43 heavy (non-hydrogen) atoms. The fourth-order valence-corrected chi connectivity index (χ4v) is 8.49. The first-order chi connectivity index (χ1) is 20.5. The number of hydrogen-bond acceptors (Lipinski definition) is 10. The van der Waals surface area contributed by atoms with Gasteiger partial charge in [-0.05, 0) is 37.0 Å². The number of carboxylic acids is 1. The first-order valence-corrected chi connectivity index (χ1v) is 15.7. The molecule has 0 aliphatic carbocycles. The molecule has 0 radical (unpaired) electrons. The zero-order valence-corrected chi connectivity index (χ0v) is 24.0. The molecule has 1 aromatic carbocycles. The van der Waals surface area contributed by atoms with Gasteiger partial charge in [-0.15, -0.1) is 0 Å². The van der Waals surface area contributed by atoms with Crippen molar-refractivity contribution in [1.29, 1.82) is 0 Å². The van der Waals surface area contributed by atoms with E-state index in [1.807, 2.05) is 0 Å². The second-order valence-corrected chi connectivity index (χ2v) is 14.1. The van der Waals surface area contributed by atoms with E-state index in [1.54, 1.807) is 30.3 Å². The summed E-state index contributed by atoms with van der Waals surface area (Å²) in [6.45, 7) is 0.233. The molecule has 1 unspecified atom stereocenters. The van der Waals surface area contributed by atoms with Gasteiger partial charge in [0.05, 0.1) is 30.5 Å². The molecule has 3 atom stereocenters. The topological polar surface area (TPSA) is 145 Å². The number of anilines is 1. The Morgan fingerprint density at radius 1 is 1.23 bits per heavy atom. The number of ether oxygens (including phenoxy) is 2. The van der Waals surface area contributed by atoms with Gasteiger partial charge in [0.1, 0.15) is 28.0 Å². The number of pyridine rings is 1. The molecule has 3 aliphatic heterocycles. The fourth-order valence-electron chi connectivity index (χ4n) is 6.31. The van der Waals surface area contributed by atoms with Crippen LogP contribution in [0.5, 0.6) is 5.88 Å². The van der Waals surface area contributed by atoms with Crippen molar-refractivity contribution in [2.24, 2.45) is 0 Å². The standard InChI is InChI=1S/C28H25ClF2N4O7S/c29-15-7-18(14-5-6-43(38,39)28(9-14)12-40-13-28)26(32-10-15)41-16-8-19(27(36)37)35(11-16)25-22-21(33-24(34-25)23(30)31)17-3-1-2-4-20(17)42-22/h1-4,7,10,14,16,19,23H,5-6,8-9,11-13H2,(H,36,37)/t14?,16-,19-/m0/s1. The third-order valence-electron chi connectivity index (χ3n) is 8.54. The summed E-state index contributed by atoms with van der Waals surface area (Å²) in [5.74, 6) is -2.04. The molecule has 15 heteroatoms. The van der Waals surface area contributed by atoms with E-state index in [1.165, 1.54) is 11.1 Å². The Balaban J connectivity index is 1.23. The lowest BCUT2D eigenvalue weighted by Crippen LogP contribution is -2.59. The minimum absolute atomic E-state index is 0.00829. The van der Waals surface area contributed by atoms with Crippen LogP contribution >= 0.6 is 11.6 Å². The van der Waals surface area contributed by atoms with E-state index in [0.29, 0.717) is 34.4 Å². The highest BCUT2D eigenvalue weighted by Gasteiger charge is 2.54. The summed E-state index contributed by atoms with van der Waals surface area (Å²) in [4.78, 5) is 26.3. The predicted molar refractivity (Wildman–Crippen MR) is 151 cm³/mol. The number of aliphatic carboxylic acids is 1. The fraction of sp³-hybridized carbons (Fsp3) is 0.429. The van der Waals surface area contributed by atoms with Gasteiger partial charge in [-0.3, -0.25) is 0 Å². The summed E-state index contributed by atoms with van der Waals surface area (Å²) < 4.78 is 69.9. The van der Waals surface area contributed by atoms with Gasteiger partial charge in [0, 0.05) is 23.6 Å². The molecule has 0 bridgehead atoms. The molecule has 226 valence electrons. The maximum Gasteiger partial charge on any atom is 0.326 e. The van der Waals surface area contributed by atoms with Crippen LogP contribution in [0.25, 0.3) is 22.1 Å². The number of benzene rings is 1. The van der Waals surface area contributed by atoms with Crippen molar-refractivity contribution in [3.05, 3.63) is 52.9 Å². The van der Waals surface area contributed by atoms with Crippen LogP contribution in [-0.4, -0.2) is 76.8 Å². The minimum Gasteiger partial charge on any atom is -0.480 e. The number of halogens is 3. The zero-order valence-electron chi connectivity index (χ0n) is 22.5. The van der Waals surface area contributed by atoms with Crippen molar-refractivity contribution in [1.82, 2.24) is 15.0 Å². The van der Waals surface area contributed by atoms with Crippen LogP contribution < -0.4 is 9.64 Å². The summed E-state index contributed by atoms with van der Waals surface area (Å²) >= 11 is 6.29. The zero-order chi connectivity index (χ0) is 30.1. The number of hydrogen-bond donors (Lipinski definition) is 1. The quantitative estimate of drug-likeness (QED) is 0.319. The van der Waals surface area contributed by atoms with E-state index < -0.39 is 44.9 Å². The molecular formula is C28H25ClF2N4O7S. The maximum atomic E-state index is 13.9. The molecule has 11 nitrogen and oxygen atoms in total. The molecule has 6 heterocycles. The summed E-state index contributed by atoms with van der Waals surface area (Å²) in [5, 5.41) is 11.0. The van der Waals surface area contributed by atoms with Gasteiger partial charge in [-0.25, -0.2) is 36.9 Å². The first kappa shape index (κ1) is 28.2. The molecule has 1 N–H and O–H groups in total. The highest BCUT2D eigenvalue weighted by Crippen LogP contribution is 2.46. The molecule has 0 saturated carbocycles. The number of furan rings is 1. The Morgan fingerprint density at radius 2 is 2.02 bits per heavy atom. The van der Waals surface area contributed by atoms with Crippen LogP contribution in [0.4, 0.5) is 14.6 Å². The number of alkyl halides is 2. The number of nitrogens with zero attached hydrogens (tertiary/aromatic N) is 4. The summed E-state index contributed by atoms with van der Waals surface area (Å²) in [6, 6.07) is 7.31. The summed E-state index contributed by atoms with van der Waals surface area (Å²) in [6.07, 6.45) is -1.67. The Kier molecular flexibility index (Phi) is 6.71. The largest absolute Gasteiger partial charge is 0.480 e. The molecular weight excluding hydrogens is 610 g/mol. The van der Waals surface area contributed by atoms with Crippen molar-refractivity contribution in [2.45, 2.75) is 48.5 Å². The van der Waals surface area contributed by atoms with Gasteiger partial charge in [-0.1, -0.05) is 23.7 Å². The normalized spacial score (nSPS) is 24.6. The van der Waals surface area contributed by atoms with Crippen LogP contribution in [0.2, 0.25) is 5.02 Å². The van der Waals surface area contributed by atoms with Gasteiger partial charge in [0.25, 0.3) is 6.43 Å². The Hall–Kier alpha value is -3.62. The van der Waals surface area contributed by atoms with E-state index in [2.05, 4.69) is 15.0 Å². The van der Waals surface area contributed by atoms with Crippen LogP contribution in [0, 0.1) is 0 Å². The van der Waals surface area contributed by atoms with Crippen LogP contribution in [0.15, 0.2) is 40.9 Å². The van der Waals surface area contributed by atoms with E-state index in [9.17, 15) is 27.1 Å². The monoisotopic (exact) mass is 634 g/mol. The minimum atomic E-state index is -3.33. The van der Waals surface area contributed by atoms with Crippen molar-refractivity contribution in [2.75, 3.05) is 30.4 Å². The first-order valence-electron chi connectivity index (χ1n) is 13.6. The molecule has 3 aromatic heterocycles. The molecule has 4 aromatic rings. The molecule has 3 saturated heterocycles. The van der Waals surface area contributed by atoms with Gasteiger partial charge < -0.3 is 23.9 Å². The van der Waals surface area contributed by atoms with E-state index in [4.69, 9.17) is 25.5 Å². The Morgan fingerprint density at radius 3 is 2.74 bits per heavy atom. The number of rotatable bonds is 6. The van der Waals surface area contributed by atoms with Gasteiger partial charge >= 0.3 is 5.97 Å². The van der Waals surface area contributed by atoms with Crippen molar-refractivity contribution in [3.8, 4) is 5.88 Å². The number of carboxylic acid groups (broad SMARTS) is 1. The Bertz CT molecular complexity index is 1870. The van der Waals surface area contributed by atoms with Crippen molar-refractivity contribution in [3.63, 3.8) is 0 Å². The lowest BCUT2D eigenvalue weighted by atomic mass is 9.85. The van der Waals surface area contributed by atoms with E-state index in [0.717, 1.165) is 0 Å². The molecule has 3 fully saturated rings. The third kappa shape index (κ3) is 4.66. The lowest BCUT2D eigenvalue weighted by molar-refractivity contribution is -0.138. The summed E-state index contributed by atoms with van der Waals surface area (Å²) in [5.41, 5.74) is 1.28. The number of fused-ring (bicyclic) bond motifs is 3. The molecule has 0 amide bonds. The Labute approximate surface area is 248 Å². The maximum absolute atomic E-state index is 13.9. The van der Waals surface area contributed by atoms with E-state index in [-0.39, 0.29) is 60.6 Å². The third-order valence-corrected chi connectivity index (χ3v) is 11.2. The molecule has 7 rings (SSSR count). The predicted octanol–water partition coefficient (Wildman–Crippen LogP) is 4.53. The SMILES string of the molecule is O=C(O)[C@@H]1C[C@H](Oc2ncc(Cl)cc2C2CCS(=O)(=O)C3(COC3)C2)CN1c1nc(C(F)F)nc2c1oc1ccccc12. The number of para-hydroxylation sites is 1. The lowest BCUT2D eigenvalue weighted by Gasteiger charge is -2.46. The number of sulfone groups is 1. The number of aromatic nitrogens is 3. The highest BCUT2D eigenvalue weighted by molar-refractivity contribution is 7.93. The van der Waals surface area contributed by atoms with Gasteiger partial charge in [0.2, 0.25) is 5.88 Å². The second kappa shape index (κ2) is 10.2. The highest BCUT2D eigenvalue weighted by atomic mass is 35.5. The number of carbonyl (C=O) groups is 1. The summed E-state index contributed by atoms with van der Waals surface area (Å²) in [7, 11) is -3.33. The second-order valence-electron chi connectivity index (χ2n) is 11.2. The van der Waals surface area contributed by atoms with E-state index >= 15 is 0 Å². The van der Waals surface area contributed by atoms with Crippen molar-refractivity contribution >= 4 is 55.3 Å². The molecule has 1 spiro atoms. The van der Waals surface area contributed by atoms with Crippen LogP contribution in [0.1, 0.15) is 43.0 Å². The van der Waals surface area contributed by atoms with Gasteiger partial charge in [-0.2, -0.15) is 0 Å². The van der Waals surface area contributed by atoms with Crippen LogP contribution in [-0.2, 0) is 19.4 Å². The average molecular weight is 635 g/mol.